The molecule has 112 valence electrons. The number of ether oxygens (including phenoxy) is 2. The van der Waals surface area contributed by atoms with Gasteiger partial charge in [0.2, 0.25) is 0 Å². The lowest BCUT2D eigenvalue weighted by Crippen LogP contribution is -2.26. The Labute approximate surface area is 132 Å². The molecule has 1 aromatic carbocycles. The second kappa shape index (κ2) is 6.83. The van der Waals surface area contributed by atoms with Gasteiger partial charge in [-0.25, -0.2) is 0 Å². The number of nitrogens with zero attached hydrogens (tertiary/aromatic N) is 1. The highest BCUT2D eigenvalue weighted by Gasteiger charge is 2.27. The van der Waals surface area contributed by atoms with E-state index in [2.05, 4.69) is 20.3 Å². The Morgan fingerprint density at radius 2 is 1.75 bits per heavy atom. The average molecular weight is 362 g/mol. The molecule has 0 bridgehead atoms. The van der Waals surface area contributed by atoms with Crippen LogP contribution in [0.25, 0.3) is 0 Å². The second-order valence-electron chi connectivity index (χ2n) is 5.23. The first-order valence-electron chi connectivity index (χ1n) is 6.10. The number of rotatable bonds is 4. The van der Waals surface area contributed by atoms with E-state index in [0.717, 1.165) is 10.0 Å². The first kappa shape index (κ1) is 17.3. The maximum atomic E-state index is 12.1. The summed E-state index contributed by atoms with van der Waals surface area (Å²) in [5, 5.41) is 0. The SMILES string of the molecule is COc1cc(OC)c(C(C)=N[S+]([O-])C(C)(C)C)cc1Br. The van der Waals surface area contributed by atoms with Gasteiger partial charge in [-0.2, -0.15) is 0 Å². The summed E-state index contributed by atoms with van der Waals surface area (Å²) in [4.78, 5) is 0. The van der Waals surface area contributed by atoms with E-state index in [1.165, 1.54) is 0 Å². The summed E-state index contributed by atoms with van der Waals surface area (Å²) < 4.78 is 27.4. The van der Waals surface area contributed by atoms with Crippen LogP contribution in [0, 0.1) is 0 Å². The van der Waals surface area contributed by atoms with Crippen LogP contribution in [0.3, 0.4) is 0 Å². The van der Waals surface area contributed by atoms with Gasteiger partial charge in [-0.15, -0.1) is 0 Å². The molecule has 0 heterocycles. The zero-order valence-electron chi connectivity index (χ0n) is 12.6. The van der Waals surface area contributed by atoms with Crippen molar-refractivity contribution >= 4 is 33.0 Å². The molecule has 1 unspecified atom stereocenters. The second-order valence-corrected chi connectivity index (χ2v) is 7.99. The van der Waals surface area contributed by atoms with Crippen LogP contribution in [0.15, 0.2) is 21.0 Å². The smallest absolute Gasteiger partial charge is 0.144 e. The standard InChI is InChI=1S/C14H20BrNO3S/c1-9(16-20(17)14(2,3)4)10-7-11(15)13(19-6)8-12(10)18-5/h7-8H,1-6H3. The lowest BCUT2D eigenvalue weighted by atomic mass is 10.1. The maximum absolute atomic E-state index is 12.1. The lowest BCUT2D eigenvalue weighted by molar-refractivity contribution is 0.392. The monoisotopic (exact) mass is 361 g/mol. The molecule has 0 spiro atoms. The van der Waals surface area contributed by atoms with Crippen LogP contribution in [-0.2, 0) is 11.4 Å². The fraction of sp³-hybridized carbons (Fsp3) is 0.500. The first-order chi connectivity index (χ1) is 9.20. The molecule has 0 amide bonds. The minimum atomic E-state index is -1.31. The Balaban J connectivity index is 3.25. The van der Waals surface area contributed by atoms with Crippen molar-refractivity contribution in [1.29, 1.82) is 0 Å². The summed E-state index contributed by atoms with van der Waals surface area (Å²) in [7, 11) is 3.18. The van der Waals surface area contributed by atoms with E-state index in [1.807, 2.05) is 33.8 Å². The first-order valence-corrected chi connectivity index (χ1v) is 8.00. The van der Waals surface area contributed by atoms with Gasteiger partial charge in [-0.3, -0.25) is 0 Å². The predicted molar refractivity (Wildman–Crippen MR) is 87.4 cm³/mol. The molecule has 0 aromatic heterocycles. The number of halogens is 1. The van der Waals surface area contributed by atoms with Gasteiger partial charge in [-0.1, -0.05) is 4.40 Å². The van der Waals surface area contributed by atoms with Gasteiger partial charge in [0, 0.05) is 11.6 Å². The van der Waals surface area contributed by atoms with Crippen molar-refractivity contribution in [2.24, 2.45) is 4.40 Å². The van der Waals surface area contributed by atoms with Crippen LogP contribution in [0.1, 0.15) is 33.3 Å². The van der Waals surface area contributed by atoms with E-state index < -0.39 is 16.1 Å². The van der Waals surface area contributed by atoms with E-state index in [0.29, 0.717) is 17.2 Å². The Bertz CT molecular complexity index is 512. The Morgan fingerprint density at radius 3 is 2.20 bits per heavy atom. The number of hydrogen-bond donors (Lipinski definition) is 0. The van der Waals surface area contributed by atoms with Crippen molar-refractivity contribution in [1.82, 2.24) is 0 Å². The molecule has 0 saturated heterocycles. The Kier molecular flexibility index (Phi) is 5.91. The number of benzene rings is 1. The van der Waals surface area contributed by atoms with E-state index in [1.54, 1.807) is 20.3 Å². The molecule has 6 heteroatoms. The Morgan fingerprint density at radius 1 is 1.20 bits per heavy atom. The molecular weight excluding hydrogens is 342 g/mol. The highest BCUT2D eigenvalue weighted by Crippen LogP contribution is 2.33. The molecule has 0 aliphatic heterocycles. The minimum absolute atomic E-state index is 0.391. The highest BCUT2D eigenvalue weighted by molar-refractivity contribution is 9.10. The number of hydrogen-bond acceptors (Lipinski definition) is 4. The molecule has 1 aromatic rings. The van der Waals surface area contributed by atoms with E-state index in [-0.39, 0.29) is 0 Å². The third kappa shape index (κ3) is 4.14. The van der Waals surface area contributed by atoms with Gasteiger partial charge in [0.1, 0.15) is 27.6 Å². The van der Waals surface area contributed by atoms with Crippen molar-refractivity contribution in [3.63, 3.8) is 0 Å². The summed E-state index contributed by atoms with van der Waals surface area (Å²) in [5.74, 6) is 1.31. The predicted octanol–water partition coefficient (Wildman–Crippen LogP) is 3.74. The Hall–Kier alpha value is -0.720. The van der Waals surface area contributed by atoms with Crippen LogP contribution in [0.2, 0.25) is 0 Å². The van der Waals surface area contributed by atoms with E-state index >= 15 is 0 Å². The van der Waals surface area contributed by atoms with E-state index in [9.17, 15) is 4.55 Å². The maximum Gasteiger partial charge on any atom is 0.144 e. The van der Waals surface area contributed by atoms with Gasteiger partial charge >= 0.3 is 0 Å². The fourth-order valence-corrected chi connectivity index (χ4v) is 2.58. The lowest BCUT2D eigenvalue weighted by Gasteiger charge is -2.19. The van der Waals surface area contributed by atoms with Gasteiger partial charge in [0.25, 0.3) is 0 Å². The van der Waals surface area contributed by atoms with Crippen molar-refractivity contribution in [3.05, 3.63) is 22.2 Å². The molecule has 0 aliphatic rings. The minimum Gasteiger partial charge on any atom is -0.591 e. The van der Waals surface area contributed by atoms with Gasteiger partial charge in [0.15, 0.2) is 0 Å². The topological polar surface area (TPSA) is 53.9 Å². The average Bonchev–Trinajstić information content (AvgIpc) is 2.37. The molecule has 1 rings (SSSR count). The zero-order chi connectivity index (χ0) is 15.5. The molecular formula is C14H20BrNO3S. The van der Waals surface area contributed by atoms with Gasteiger partial charge < -0.3 is 14.0 Å². The van der Waals surface area contributed by atoms with Crippen LogP contribution in [-0.4, -0.2) is 29.2 Å². The van der Waals surface area contributed by atoms with E-state index in [4.69, 9.17) is 9.47 Å². The fourth-order valence-electron chi connectivity index (χ4n) is 1.45. The summed E-state index contributed by atoms with van der Waals surface area (Å²) in [6.45, 7) is 7.49. The van der Waals surface area contributed by atoms with Crippen molar-refractivity contribution in [2.45, 2.75) is 32.4 Å². The number of methoxy groups -OCH3 is 2. The summed E-state index contributed by atoms with van der Waals surface area (Å²) in [5.41, 5.74) is 1.45. The molecule has 0 fully saturated rings. The molecule has 0 aliphatic carbocycles. The normalized spacial score (nSPS) is 14.1. The molecule has 0 N–H and O–H groups in total. The third-order valence-corrected chi connectivity index (χ3v) is 4.71. The third-order valence-electron chi connectivity index (χ3n) is 2.61. The molecule has 4 nitrogen and oxygen atoms in total. The summed E-state index contributed by atoms with van der Waals surface area (Å²) >= 11 is 2.13. The molecule has 0 radical (unpaired) electrons. The van der Waals surface area contributed by atoms with Gasteiger partial charge in [-0.05, 0) is 49.7 Å². The van der Waals surface area contributed by atoms with Crippen molar-refractivity contribution in [2.75, 3.05) is 14.2 Å². The van der Waals surface area contributed by atoms with Crippen molar-refractivity contribution in [3.8, 4) is 11.5 Å². The van der Waals surface area contributed by atoms with Crippen LogP contribution < -0.4 is 9.47 Å². The quantitative estimate of drug-likeness (QED) is 0.606. The largest absolute Gasteiger partial charge is 0.591 e. The molecule has 0 saturated carbocycles. The van der Waals surface area contributed by atoms with Crippen LogP contribution in [0.4, 0.5) is 0 Å². The van der Waals surface area contributed by atoms with Crippen LogP contribution >= 0.6 is 15.9 Å². The summed E-state index contributed by atoms with van der Waals surface area (Å²) in [6, 6.07) is 3.63. The molecule has 1 atom stereocenters. The van der Waals surface area contributed by atoms with Crippen LogP contribution in [0.5, 0.6) is 11.5 Å². The highest BCUT2D eigenvalue weighted by atomic mass is 79.9. The van der Waals surface area contributed by atoms with Gasteiger partial charge in [0.05, 0.1) is 24.4 Å². The zero-order valence-corrected chi connectivity index (χ0v) is 15.0. The summed E-state index contributed by atoms with van der Waals surface area (Å²) in [6.07, 6.45) is 0. The molecule has 20 heavy (non-hydrogen) atoms. The van der Waals surface area contributed by atoms with Crippen molar-refractivity contribution < 1.29 is 14.0 Å².